The van der Waals surface area contributed by atoms with Crippen LogP contribution in [0.1, 0.15) is 30.4 Å². The molecule has 35 heavy (non-hydrogen) atoms. The maximum Gasteiger partial charge on any atom is 0.127 e. The largest absolute Gasteiger partial charge is 0.457 e. The molecule has 0 unspecified atom stereocenters. The third-order valence-electron chi connectivity index (χ3n) is 6.51. The van der Waals surface area contributed by atoms with Crippen molar-refractivity contribution in [2.45, 2.75) is 44.3 Å². The van der Waals surface area contributed by atoms with Crippen molar-refractivity contribution >= 4 is 37.5 Å². The van der Waals surface area contributed by atoms with Gasteiger partial charge in [-0.15, -0.1) is 0 Å². The van der Waals surface area contributed by atoms with Crippen LogP contribution in [-0.4, -0.2) is 36.6 Å². The van der Waals surface area contributed by atoms with E-state index >= 15 is 0 Å². The van der Waals surface area contributed by atoms with Gasteiger partial charge in [0.2, 0.25) is 0 Å². The number of nitrogens with zero attached hydrogens (tertiary/aromatic N) is 1. The van der Waals surface area contributed by atoms with Gasteiger partial charge in [0.25, 0.3) is 0 Å². The summed E-state index contributed by atoms with van der Waals surface area (Å²) in [5.74, 6) is 1.71. The molecule has 186 valence electrons. The second kappa shape index (κ2) is 12.9. The summed E-state index contributed by atoms with van der Waals surface area (Å²) in [5.41, 5.74) is 15.1. The van der Waals surface area contributed by atoms with Crippen LogP contribution in [0.15, 0.2) is 75.7 Å². The Morgan fingerprint density at radius 1 is 0.914 bits per heavy atom. The Hall–Kier alpha value is -1.90. The monoisotopic (exact) mass is 600 g/mol. The number of rotatable bonds is 10. The van der Waals surface area contributed by atoms with Crippen molar-refractivity contribution in [1.82, 2.24) is 10.2 Å². The van der Waals surface area contributed by atoms with Crippen molar-refractivity contribution in [3.05, 3.63) is 86.8 Å². The van der Waals surface area contributed by atoms with E-state index in [1.165, 1.54) is 11.1 Å². The summed E-state index contributed by atoms with van der Waals surface area (Å²) in [5, 5.41) is 3.80. The van der Waals surface area contributed by atoms with Gasteiger partial charge in [-0.25, -0.2) is 0 Å². The van der Waals surface area contributed by atoms with Gasteiger partial charge in [0.15, 0.2) is 0 Å². The van der Waals surface area contributed by atoms with Crippen LogP contribution in [0.3, 0.4) is 0 Å². The van der Waals surface area contributed by atoms with E-state index in [1.807, 2.05) is 30.3 Å². The molecule has 4 rings (SSSR count). The van der Waals surface area contributed by atoms with Crippen molar-refractivity contribution in [3.63, 3.8) is 0 Å². The van der Waals surface area contributed by atoms with E-state index < -0.39 is 0 Å². The van der Waals surface area contributed by atoms with E-state index in [0.29, 0.717) is 12.1 Å². The van der Waals surface area contributed by atoms with Crippen LogP contribution in [0.4, 0.5) is 5.69 Å². The minimum atomic E-state index is 0.379. The number of nitrogens with one attached hydrogen (secondary N) is 1. The van der Waals surface area contributed by atoms with Crippen LogP contribution in [0.25, 0.3) is 0 Å². The molecule has 2 atom stereocenters. The topological polar surface area (TPSA) is 76.5 Å². The average molecular weight is 602 g/mol. The zero-order valence-corrected chi connectivity index (χ0v) is 23.1. The first kappa shape index (κ1) is 26.2. The van der Waals surface area contributed by atoms with E-state index in [1.54, 1.807) is 0 Å². The Kier molecular flexibility index (Phi) is 9.63. The number of hydrogen-bond acceptors (Lipinski definition) is 5. The molecule has 0 aromatic heterocycles. The summed E-state index contributed by atoms with van der Waals surface area (Å²) in [6, 6.07) is 23.5. The number of piperazine rings is 1. The lowest BCUT2D eigenvalue weighted by molar-refractivity contribution is 0.113. The first-order chi connectivity index (χ1) is 17.0. The molecule has 0 radical (unpaired) electrons. The third-order valence-corrected chi connectivity index (χ3v) is 7.83. The van der Waals surface area contributed by atoms with Gasteiger partial charge in [-0.05, 0) is 105 Å². The van der Waals surface area contributed by atoms with Gasteiger partial charge in [0.1, 0.15) is 11.5 Å². The van der Waals surface area contributed by atoms with Crippen LogP contribution < -0.4 is 21.5 Å². The first-order valence-corrected chi connectivity index (χ1v) is 13.8. The Balaban J connectivity index is 1.42. The molecule has 5 nitrogen and oxygen atoms in total. The van der Waals surface area contributed by atoms with Gasteiger partial charge in [0.05, 0.1) is 5.69 Å². The number of nitrogen functional groups attached to an aromatic ring is 1. The maximum atomic E-state index is 6.09. The van der Waals surface area contributed by atoms with Crippen molar-refractivity contribution in [3.8, 4) is 11.5 Å². The quantitative estimate of drug-likeness (QED) is 0.193. The van der Waals surface area contributed by atoms with Crippen molar-refractivity contribution in [1.29, 1.82) is 0 Å². The zero-order chi connectivity index (χ0) is 24.6. The average Bonchev–Trinajstić information content (AvgIpc) is 2.86. The fraction of sp³-hybridized carbons (Fsp3) is 0.357. The number of unbranched alkanes of at least 4 members (excludes halogenated alkanes) is 1. The molecule has 1 aliphatic rings. The SMILES string of the molecule is NCCCC[C@H]1CN[C@@H](Cc2cc(Br)c(N)c(Br)c2)CN1Cc1ccc(Oc2ccccc2)cc1. The van der Waals surface area contributed by atoms with Gasteiger partial charge < -0.3 is 21.5 Å². The number of benzene rings is 3. The minimum Gasteiger partial charge on any atom is -0.457 e. The van der Waals surface area contributed by atoms with Crippen LogP contribution in [0.5, 0.6) is 11.5 Å². The van der Waals surface area contributed by atoms with Crippen LogP contribution >= 0.6 is 31.9 Å². The van der Waals surface area contributed by atoms with E-state index in [0.717, 1.165) is 78.0 Å². The third kappa shape index (κ3) is 7.54. The molecule has 0 saturated carbocycles. The second-order valence-corrected chi connectivity index (χ2v) is 10.9. The maximum absolute atomic E-state index is 6.09. The normalized spacial score (nSPS) is 18.5. The van der Waals surface area contributed by atoms with E-state index in [-0.39, 0.29) is 0 Å². The van der Waals surface area contributed by atoms with Gasteiger partial charge in [-0.2, -0.15) is 0 Å². The number of anilines is 1. The molecular weight excluding hydrogens is 568 g/mol. The fourth-order valence-corrected chi connectivity index (χ4v) is 5.91. The molecular formula is C28H34Br2N4O. The second-order valence-electron chi connectivity index (χ2n) is 9.21. The van der Waals surface area contributed by atoms with Gasteiger partial charge >= 0.3 is 0 Å². The first-order valence-electron chi connectivity index (χ1n) is 12.2. The molecule has 0 aliphatic carbocycles. The highest BCUT2D eigenvalue weighted by atomic mass is 79.9. The molecule has 1 heterocycles. The highest BCUT2D eigenvalue weighted by molar-refractivity contribution is 9.11. The van der Waals surface area contributed by atoms with Gasteiger partial charge in [-0.1, -0.05) is 36.8 Å². The highest BCUT2D eigenvalue weighted by Crippen LogP contribution is 2.30. The molecule has 0 amide bonds. The van der Waals surface area contributed by atoms with Crippen LogP contribution in [-0.2, 0) is 13.0 Å². The van der Waals surface area contributed by atoms with Crippen molar-refractivity contribution < 1.29 is 4.74 Å². The lowest BCUT2D eigenvalue weighted by Gasteiger charge is -2.41. The molecule has 7 heteroatoms. The number of para-hydroxylation sites is 1. The van der Waals surface area contributed by atoms with Gasteiger partial charge in [-0.3, -0.25) is 4.90 Å². The summed E-state index contributed by atoms with van der Waals surface area (Å²) in [4.78, 5) is 2.63. The fourth-order valence-electron chi connectivity index (χ4n) is 4.63. The Bertz CT molecular complexity index is 1060. The van der Waals surface area contributed by atoms with Crippen LogP contribution in [0.2, 0.25) is 0 Å². The predicted octanol–water partition coefficient (Wildman–Crippen LogP) is 6.10. The summed E-state index contributed by atoms with van der Waals surface area (Å²) in [7, 11) is 0. The molecule has 0 bridgehead atoms. The standard InChI is InChI=1S/C28H34Br2N4O/c29-26-15-21(16-27(30)28(26)32)14-22-19-34(23(17-33-22)6-4-5-13-31)18-20-9-11-25(12-10-20)35-24-7-2-1-3-8-24/h1-3,7-12,15-16,22-23,33H,4-6,13-14,17-19,31-32H2/t22-,23-/m0/s1. The predicted molar refractivity (Wildman–Crippen MR) is 152 cm³/mol. The molecule has 0 spiro atoms. The molecule has 5 N–H and O–H groups in total. The van der Waals surface area contributed by atoms with E-state index in [9.17, 15) is 0 Å². The Morgan fingerprint density at radius 3 is 2.29 bits per heavy atom. The Labute approximate surface area is 225 Å². The smallest absolute Gasteiger partial charge is 0.127 e. The number of ether oxygens (including phenoxy) is 1. The zero-order valence-electron chi connectivity index (χ0n) is 19.9. The Morgan fingerprint density at radius 2 is 1.60 bits per heavy atom. The summed E-state index contributed by atoms with van der Waals surface area (Å²) in [6.07, 6.45) is 4.34. The highest BCUT2D eigenvalue weighted by Gasteiger charge is 2.28. The lowest BCUT2D eigenvalue weighted by Crippen LogP contribution is -2.56. The van der Waals surface area contributed by atoms with Crippen molar-refractivity contribution in [2.75, 3.05) is 25.4 Å². The molecule has 1 fully saturated rings. The molecule has 3 aromatic rings. The number of nitrogens with two attached hydrogens (primary N) is 2. The lowest BCUT2D eigenvalue weighted by atomic mass is 9.98. The molecule has 1 saturated heterocycles. The molecule has 1 aliphatic heterocycles. The summed E-state index contributed by atoms with van der Waals surface area (Å²) >= 11 is 7.17. The van der Waals surface area contributed by atoms with E-state index in [4.69, 9.17) is 16.2 Å². The minimum absolute atomic E-state index is 0.379. The van der Waals surface area contributed by atoms with E-state index in [2.05, 4.69) is 78.5 Å². The number of halogens is 2. The van der Waals surface area contributed by atoms with Crippen molar-refractivity contribution in [2.24, 2.45) is 5.73 Å². The molecule has 3 aromatic carbocycles. The summed E-state index contributed by atoms with van der Waals surface area (Å²) in [6.45, 7) is 3.66. The van der Waals surface area contributed by atoms with Gasteiger partial charge in [0, 0.05) is 40.7 Å². The number of hydrogen-bond donors (Lipinski definition) is 3. The summed E-state index contributed by atoms with van der Waals surface area (Å²) < 4.78 is 7.84. The van der Waals surface area contributed by atoms with Crippen LogP contribution in [0, 0.1) is 0 Å².